The zero-order valence-corrected chi connectivity index (χ0v) is 6.14. The average molecular weight is 166 g/mol. The van der Waals surface area contributed by atoms with Crippen LogP contribution in [0.4, 0.5) is 8.78 Å². The van der Waals surface area contributed by atoms with Crippen LogP contribution in [-0.4, -0.2) is 14.2 Å². The lowest BCUT2D eigenvalue weighted by molar-refractivity contribution is 0.123. The third-order valence-corrected chi connectivity index (χ3v) is 0.616. The molecule has 0 aromatic heterocycles. The molecule has 0 rings (SSSR count). The van der Waals surface area contributed by atoms with Crippen molar-refractivity contribution in [3.63, 3.8) is 0 Å². The summed E-state index contributed by atoms with van der Waals surface area (Å²) in [4.78, 5) is 0. The van der Waals surface area contributed by atoms with Gasteiger partial charge in [-0.25, -0.2) is 0 Å². The van der Waals surface area contributed by atoms with Crippen molar-refractivity contribution in [2.45, 2.75) is 0 Å². The molecule has 0 saturated carbocycles. The lowest BCUT2D eigenvalue weighted by Gasteiger charge is -1.97. The van der Waals surface area contributed by atoms with E-state index in [1.54, 1.807) is 0 Å². The second-order valence-corrected chi connectivity index (χ2v) is 1.42. The van der Waals surface area contributed by atoms with E-state index in [0.717, 1.165) is 0 Å². The molecule has 0 spiro atoms. The van der Waals surface area contributed by atoms with Crippen molar-refractivity contribution in [3.8, 4) is 0 Å². The average Bonchev–Trinajstić information content (AvgIpc) is 1.87. The third-order valence-electron chi connectivity index (χ3n) is 0.616. The van der Waals surface area contributed by atoms with Crippen molar-refractivity contribution in [1.29, 1.82) is 0 Å². The van der Waals surface area contributed by atoms with Crippen molar-refractivity contribution < 1.29 is 23.0 Å². The molecule has 64 valence electrons. The van der Waals surface area contributed by atoms with Gasteiger partial charge in [0.15, 0.2) is 12.5 Å². The highest BCUT2D eigenvalue weighted by Crippen LogP contribution is 2.08. The van der Waals surface area contributed by atoms with Gasteiger partial charge in [0, 0.05) is 0 Å². The van der Waals surface area contributed by atoms with E-state index >= 15 is 0 Å². The normalized spacial score (nSPS) is 12.7. The van der Waals surface area contributed by atoms with Crippen molar-refractivity contribution in [3.05, 3.63) is 24.6 Å². The molecule has 0 aliphatic carbocycles. The van der Waals surface area contributed by atoms with E-state index in [1.807, 2.05) is 0 Å². The van der Waals surface area contributed by atoms with E-state index in [1.165, 1.54) is 14.2 Å². The van der Waals surface area contributed by atoms with Crippen LogP contribution in [0.5, 0.6) is 0 Å². The molecule has 0 aliphatic rings. The summed E-state index contributed by atoms with van der Waals surface area (Å²) in [7, 11) is 2.42. The predicted octanol–water partition coefficient (Wildman–Crippen LogP) is 1.83. The van der Waals surface area contributed by atoms with Gasteiger partial charge in [0.05, 0.1) is 14.2 Å². The summed E-state index contributed by atoms with van der Waals surface area (Å²) in [5.74, 6) is 0. The highest BCUT2D eigenvalue weighted by Gasteiger charge is 2.00. The summed E-state index contributed by atoms with van der Waals surface area (Å²) in [5, 5.41) is 0. The van der Waals surface area contributed by atoms with E-state index in [0.29, 0.717) is 12.5 Å². The third kappa shape index (κ3) is 5.20. The number of rotatable bonds is 4. The summed E-state index contributed by atoms with van der Waals surface area (Å²) in [6, 6.07) is -2.36. The molecular weight excluding hydrogens is 158 g/mol. The lowest BCUT2D eigenvalue weighted by Crippen LogP contribution is -1.85. The molecule has 3 nitrogen and oxygen atoms in total. The maximum atomic E-state index is 12.2. The van der Waals surface area contributed by atoms with Crippen LogP contribution < -0.4 is 0 Å². The van der Waals surface area contributed by atoms with Crippen LogP contribution in [0.3, 0.4) is 0 Å². The molecule has 0 heterocycles. The summed E-state index contributed by atoms with van der Waals surface area (Å²) in [6.45, 7) is 0. The molecule has 0 fully saturated rings. The monoisotopic (exact) mass is 166 g/mol. The van der Waals surface area contributed by atoms with Crippen LogP contribution in [0.2, 0.25) is 0 Å². The number of methoxy groups -OCH3 is 2. The van der Waals surface area contributed by atoms with Crippen LogP contribution in [0.15, 0.2) is 24.6 Å². The topological polar surface area (TPSA) is 27.7 Å². The van der Waals surface area contributed by atoms with Gasteiger partial charge in [-0.2, -0.15) is 8.78 Å². The van der Waals surface area contributed by atoms with Gasteiger partial charge in [-0.15, -0.1) is 0 Å². The minimum absolute atomic E-state index is 0.614. The highest BCUT2D eigenvalue weighted by molar-refractivity contribution is 4.82. The number of ether oxygens (including phenoxy) is 3. The second-order valence-electron chi connectivity index (χ2n) is 1.42. The zero-order chi connectivity index (χ0) is 8.69. The van der Waals surface area contributed by atoms with Crippen LogP contribution in [0, 0.1) is 0 Å². The SMILES string of the molecule is CO/C=C(\F)O/C(F)=C/OC. The number of halogens is 2. The molecule has 0 aliphatic heterocycles. The fraction of sp³-hybridized carbons (Fsp3) is 0.333. The van der Waals surface area contributed by atoms with Crippen molar-refractivity contribution in [1.82, 2.24) is 0 Å². The van der Waals surface area contributed by atoms with Gasteiger partial charge in [-0.3, -0.25) is 0 Å². The smallest absolute Gasteiger partial charge is 0.315 e. The first-order valence-corrected chi connectivity index (χ1v) is 2.65. The van der Waals surface area contributed by atoms with Crippen molar-refractivity contribution in [2.75, 3.05) is 14.2 Å². The fourth-order valence-corrected chi connectivity index (χ4v) is 0.327. The molecule has 0 bridgehead atoms. The zero-order valence-electron chi connectivity index (χ0n) is 6.14. The molecule has 0 radical (unpaired) electrons. The molecule has 11 heavy (non-hydrogen) atoms. The van der Waals surface area contributed by atoms with Crippen LogP contribution in [0.1, 0.15) is 0 Å². The first-order chi connectivity index (χ1) is 5.20. The Morgan fingerprint density at radius 2 is 1.36 bits per heavy atom. The summed E-state index contributed by atoms with van der Waals surface area (Å²) >= 11 is 0. The molecule has 0 amide bonds. The molecule has 0 aromatic rings. The van der Waals surface area contributed by atoms with Gasteiger partial charge >= 0.3 is 12.0 Å². The maximum Gasteiger partial charge on any atom is 0.315 e. The predicted molar refractivity (Wildman–Crippen MR) is 33.5 cm³/mol. The van der Waals surface area contributed by atoms with Crippen LogP contribution >= 0.6 is 0 Å². The number of hydrogen-bond donors (Lipinski definition) is 0. The molecule has 5 heteroatoms. The van der Waals surface area contributed by atoms with Crippen molar-refractivity contribution >= 4 is 0 Å². The molecule has 0 saturated heterocycles. The molecular formula is C6H8F2O3. The standard InChI is InChI=1S/C6H8F2O3/c1-9-3-5(7)11-6(8)4-10-2/h3-4H,1-2H3/b5-3+,6-4+. The maximum absolute atomic E-state index is 12.2. The van der Waals surface area contributed by atoms with E-state index in [9.17, 15) is 8.78 Å². The first kappa shape index (κ1) is 9.74. The fourth-order valence-electron chi connectivity index (χ4n) is 0.327. The van der Waals surface area contributed by atoms with Crippen LogP contribution in [-0.2, 0) is 14.2 Å². The molecule has 0 aromatic carbocycles. The Morgan fingerprint density at radius 1 is 1.00 bits per heavy atom. The molecule has 0 N–H and O–H groups in total. The van der Waals surface area contributed by atoms with E-state index in [2.05, 4.69) is 14.2 Å². The summed E-state index contributed by atoms with van der Waals surface area (Å²) in [6.07, 6.45) is 1.23. The van der Waals surface area contributed by atoms with Crippen LogP contribution in [0.25, 0.3) is 0 Å². The van der Waals surface area contributed by atoms with Gasteiger partial charge in [0.2, 0.25) is 0 Å². The second kappa shape index (κ2) is 5.52. The van der Waals surface area contributed by atoms with E-state index in [4.69, 9.17) is 0 Å². The lowest BCUT2D eigenvalue weighted by atomic mass is 10.9. The van der Waals surface area contributed by atoms with Crippen molar-refractivity contribution in [2.24, 2.45) is 0 Å². The largest absolute Gasteiger partial charge is 0.498 e. The quantitative estimate of drug-likeness (QED) is 0.596. The Kier molecular flexibility index (Phi) is 4.89. The first-order valence-electron chi connectivity index (χ1n) is 2.65. The van der Waals surface area contributed by atoms with Gasteiger partial charge in [-0.05, 0) is 0 Å². The highest BCUT2D eigenvalue weighted by atomic mass is 19.2. The summed E-state index contributed by atoms with van der Waals surface area (Å²) in [5.41, 5.74) is 0. The van der Waals surface area contributed by atoms with Gasteiger partial charge in [0.25, 0.3) is 0 Å². The van der Waals surface area contributed by atoms with Gasteiger partial charge in [-0.1, -0.05) is 0 Å². The van der Waals surface area contributed by atoms with E-state index in [-0.39, 0.29) is 0 Å². The summed E-state index contributed by atoms with van der Waals surface area (Å²) < 4.78 is 36.6. The van der Waals surface area contributed by atoms with Gasteiger partial charge in [0.1, 0.15) is 0 Å². The Bertz CT molecular complexity index is 147. The van der Waals surface area contributed by atoms with Gasteiger partial charge < -0.3 is 14.2 Å². The molecule has 0 atom stereocenters. The Balaban J connectivity index is 3.84. The minimum Gasteiger partial charge on any atom is -0.498 e. The molecule has 0 unspecified atom stereocenters. The Hall–Kier alpha value is -1.26. The minimum atomic E-state index is -1.18. The van der Waals surface area contributed by atoms with E-state index < -0.39 is 12.0 Å². The number of hydrogen-bond acceptors (Lipinski definition) is 3. The Morgan fingerprint density at radius 3 is 1.64 bits per heavy atom. The Labute approximate surface area is 62.9 Å².